The second kappa shape index (κ2) is 8.12. The van der Waals surface area contributed by atoms with E-state index in [0.717, 1.165) is 26.2 Å². The summed E-state index contributed by atoms with van der Waals surface area (Å²) in [4.78, 5) is 17.2. The summed E-state index contributed by atoms with van der Waals surface area (Å²) in [5, 5.41) is 7.92. The van der Waals surface area contributed by atoms with Crippen LogP contribution in [0.5, 0.6) is 0 Å². The number of carbonyl (C=O) groups is 1. The van der Waals surface area contributed by atoms with Crippen LogP contribution in [-0.4, -0.2) is 55.5 Å². The molecule has 6 heteroatoms. The van der Waals surface area contributed by atoms with Gasteiger partial charge in [-0.25, -0.2) is 0 Å². The van der Waals surface area contributed by atoms with E-state index in [-0.39, 0.29) is 11.9 Å². The van der Waals surface area contributed by atoms with Gasteiger partial charge in [0.05, 0.1) is 6.04 Å². The molecular weight excluding hydrogens is 342 g/mol. The van der Waals surface area contributed by atoms with Gasteiger partial charge in [0.1, 0.15) is 0 Å². The molecule has 128 valence electrons. The van der Waals surface area contributed by atoms with Crippen LogP contribution in [0.3, 0.4) is 0 Å². The molecule has 1 amide bonds. The van der Waals surface area contributed by atoms with Gasteiger partial charge in [0, 0.05) is 43.3 Å². The van der Waals surface area contributed by atoms with E-state index < -0.39 is 0 Å². The molecule has 1 aliphatic heterocycles. The molecule has 2 aromatic rings. The van der Waals surface area contributed by atoms with Gasteiger partial charge in [0.15, 0.2) is 0 Å². The number of carbonyl (C=O) groups excluding carboxylic acids is 1. The minimum absolute atomic E-state index is 0.0770. The van der Waals surface area contributed by atoms with Crippen LogP contribution >= 0.6 is 22.9 Å². The van der Waals surface area contributed by atoms with Crippen molar-refractivity contribution in [3.8, 4) is 0 Å². The third-order valence-corrected chi connectivity index (χ3v) is 5.39. The summed E-state index contributed by atoms with van der Waals surface area (Å²) in [6.45, 7) is 4.76. The molecule has 2 heterocycles. The molecule has 1 fully saturated rings. The van der Waals surface area contributed by atoms with Crippen molar-refractivity contribution in [1.82, 2.24) is 15.1 Å². The lowest BCUT2D eigenvalue weighted by atomic mass is 10.1. The number of nitrogens with one attached hydrogen (secondary N) is 1. The summed E-state index contributed by atoms with van der Waals surface area (Å²) in [5.41, 5.74) is 1.88. The van der Waals surface area contributed by atoms with E-state index in [9.17, 15) is 4.79 Å². The molecule has 1 aromatic heterocycles. The van der Waals surface area contributed by atoms with Crippen molar-refractivity contribution in [1.29, 1.82) is 0 Å². The fraction of sp³-hybridized carbons (Fsp3) is 0.389. The Morgan fingerprint density at radius 3 is 2.75 bits per heavy atom. The first kappa shape index (κ1) is 17.4. The van der Waals surface area contributed by atoms with E-state index in [1.807, 2.05) is 0 Å². The fourth-order valence-corrected chi connectivity index (χ4v) is 3.87. The summed E-state index contributed by atoms with van der Waals surface area (Å²) < 4.78 is 0. The van der Waals surface area contributed by atoms with Gasteiger partial charge in [-0.15, -0.1) is 0 Å². The number of thiophene rings is 1. The highest BCUT2D eigenvalue weighted by Gasteiger charge is 2.24. The topological polar surface area (TPSA) is 35.6 Å². The largest absolute Gasteiger partial charge is 0.350 e. The Morgan fingerprint density at radius 2 is 2.08 bits per heavy atom. The van der Waals surface area contributed by atoms with Crippen molar-refractivity contribution >= 4 is 28.8 Å². The first-order valence-electron chi connectivity index (χ1n) is 8.12. The molecule has 0 aliphatic carbocycles. The molecule has 0 bridgehead atoms. The first-order valence-corrected chi connectivity index (χ1v) is 9.44. The molecule has 3 rings (SSSR count). The Morgan fingerprint density at radius 1 is 1.29 bits per heavy atom. The van der Waals surface area contributed by atoms with Gasteiger partial charge in [0.2, 0.25) is 0 Å². The van der Waals surface area contributed by atoms with Gasteiger partial charge in [0.25, 0.3) is 5.91 Å². The number of likely N-dealkylation sites (N-methyl/N-ethyl adjacent to an activating group) is 1. The van der Waals surface area contributed by atoms with E-state index >= 15 is 0 Å². The van der Waals surface area contributed by atoms with E-state index in [4.69, 9.17) is 11.6 Å². The Balaban J connectivity index is 1.67. The monoisotopic (exact) mass is 363 g/mol. The summed E-state index contributed by atoms with van der Waals surface area (Å²) in [7, 11) is 2.15. The van der Waals surface area contributed by atoms with Crippen LogP contribution in [0.2, 0.25) is 5.02 Å². The highest BCUT2D eigenvalue weighted by Crippen LogP contribution is 2.24. The lowest BCUT2D eigenvalue weighted by molar-refractivity contribution is 0.0887. The molecule has 1 aromatic carbocycles. The maximum Gasteiger partial charge on any atom is 0.251 e. The maximum atomic E-state index is 12.4. The predicted octanol–water partition coefficient (Wildman–Crippen LogP) is 3.12. The molecule has 1 saturated heterocycles. The predicted molar refractivity (Wildman–Crippen MR) is 99.9 cm³/mol. The van der Waals surface area contributed by atoms with Crippen molar-refractivity contribution in [2.45, 2.75) is 6.04 Å². The average Bonchev–Trinajstić information content (AvgIpc) is 3.11. The second-order valence-corrected chi connectivity index (χ2v) is 7.35. The van der Waals surface area contributed by atoms with Crippen LogP contribution in [0.15, 0.2) is 41.1 Å². The number of hydrogen-bond acceptors (Lipinski definition) is 4. The van der Waals surface area contributed by atoms with E-state index in [2.05, 4.69) is 39.0 Å². The fourth-order valence-electron chi connectivity index (χ4n) is 2.98. The zero-order chi connectivity index (χ0) is 16.9. The highest BCUT2D eigenvalue weighted by atomic mass is 35.5. The van der Waals surface area contributed by atoms with Crippen LogP contribution in [-0.2, 0) is 0 Å². The van der Waals surface area contributed by atoms with Crippen molar-refractivity contribution in [2.24, 2.45) is 0 Å². The molecule has 1 N–H and O–H groups in total. The first-order chi connectivity index (χ1) is 11.6. The van der Waals surface area contributed by atoms with E-state index in [0.29, 0.717) is 17.1 Å². The average molecular weight is 364 g/mol. The van der Waals surface area contributed by atoms with E-state index in [1.165, 1.54) is 5.56 Å². The van der Waals surface area contributed by atoms with E-state index in [1.54, 1.807) is 35.6 Å². The lowest BCUT2D eigenvalue weighted by Crippen LogP contribution is -2.48. The Kier molecular flexibility index (Phi) is 5.89. The molecular formula is C18H22ClN3OS. The zero-order valence-electron chi connectivity index (χ0n) is 13.7. The van der Waals surface area contributed by atoms with Crippen molar-refractivity contribution in [2.75, 3.05) is 39.8 Å². The smallest absolute Gasteiger partial charge is 0.251 e. The maximum absolute atomic E-state index is 12.4. The number of hydrogen-bond donors (Lipinski definition) is 1. The number of halogens is 1. The van der Waals surface area contributed by atoms with Crippen LogP contribution < -0.4 is 5.32 Å². The molecule has 1 aliphatic rings. The molecule has 4 nitrogen and oxygen atoms in total. The SMILES string of the molecule is CN1CCN([C@@H](CNC(=O)c2cccc(Cl)c2)c2ccsc2)CC1. The lowest BCUT2D eigenvalue weighted by Gasteiger charge is -2.38. The number of amides is 1. The molecule has 24 heavy (non-hydrogen) atoms. The summed E-state index contributed by atoms with van der Waals surface area (Å²) in [6.07, 6.45) is 0. The van der Waals surface area contributed by atoms with Crippen LogP contribution in [0.25, 0.3) is 0 Å². The Hall–Kier alpha value is -1.40. The van der Waals surface area contributed by atoms with Crippen LogP contribution in [0.4, 0.5) is 0 Å². The van der Waals surface area contributed by atoms with Gasteiger partial charge in [-0.3, -0.25) is 9.69 Å². The van der Waals surface area contributed by atoms with Crippen LogP contribution in [0.1, 0.15) is 22.0 Å². The van der Waals surface area contributed by atoms with Gasteiger partial charge in [-0.05, 0) is 47.6 Å². The number of benzene rings is 1. The summed E-state index contributed by atoms with van der Waals surface area (Å²) >= 11 is 7.67. The number of nitrogens with zero attached hydrogens (tertiary/aromatic N) is 2. The van der Waals surface area contributed by atoms with Crippen molar-refractivity contribution in [3.05, 3.63) is 57.2 Å². The zero-order valence-corrected chi connectivity index (χ0v) is 15.3. The quantitative estimate of drug-likeness (QED) is 0.886. The molecule has 0 spiro atoms. The van der Waals surface area contributed by atoms with Crippen molar-refractivity contribution < 1.29 is 4.79 Å². The normalized spacial score (nSPS) is 17.6. The van der Waals surface area contributed by atoms with Gasteiger partial charge < -0.3 is 10.2 Å². The number of piperazine rings is 1. The highest BCUT2D eigenvalue weighted by molar-refractivity contribution is 7.07. The number of rotatable bonds is 5. The second-order valence-electron chi connectivity index (χ2n) is 6.13. The van der Waals surface area contributed by atoms with Gasteiger partial charge in [-0.2, -0.15) is 11.3 Å². The van der Waals surface area contributed by atoms with Gasteiger partial charge >= 0.3 is 0 Å². The minimum atomic E-state index is -0.0770. The minimum Gasteiger partial charge on any atom is -0.350 e. The standard InChI is InChI=1S/C18H22ClN3OS/c1-21-6-8-22(9-7-21)17(15-5-10-24-13-15)12-20-18(23)14-3-2-4-16(19)11-14/h2-5,10-11,13,17H,6-9,12H2,1H3,(H,20,23)/t17-/m0/s1. The summed E-state index contributed by atoms with van der Waals surface area (Å²) in [5.74, 6) is -0.0770. The Bertz CT molecular complexity index is 669. The van der Waals surface area contributed by atoms with Crippen molar-refractivity contribution in [3.63, 3.8) is 0 Å². The molecule has 0 radical (unpaired) electrons. The molecule has 1 atom stereocenters. The third kappa shape index (κ3) is 4.36. The van der Waals surface area contributed by atoms with Gasteiger partial charge in [-0.1, -0.05) is 17.7 Å². The summed E-state index contributed by atoms with van der Waals surface area (Å²) in [6, 6.07) is 9.43. The molecule has 0 unspecified atom stereocenters. The molecule has 0 saturated carbocycles. The third-order valence-electron chi connectivity index (χ3n) is 4.45. The van der Waals surface area contributed by atoms with Crippen LogP contribution in [0, 0.1) is 0 Å². The Labute approximate surface area is 152 Å².